The van der Waals surface area contributed by atoms with Crippen molar-refractivity contribution in [3.05, 3.63) is 144 Å². The molecule has 0 spiro atoms. The van der Waals surface area contributed by atoms with Crippen molar-refractivity contribution < 1.29 is 38.1 Å². The Balaban J connectivity index is 1.60. The summed E-state index contributed by atoms with van der Waals surface area (Å²) in [5.74, 6) is -1.74. The predicted molar refractivity (Wildman–Crippen MR) is 201 cm³/mol. The van der Waals surface area contributed by atoms with Gasteiger partial charge < -0.3 is 18.9 Å². The summed E-state index contributed by atoms with van der Waals surface area (Å²) < 4.78 is 19.9. The third-order valence-corrected chi connectivity index (χ3v) is 9.37. The number of carbonyl (C=O) groups is 4. The van der Waals surface area contributed by atoms with E-state index in [1.54, 1.807) is 42.5 Å². The zero-order valence-electron chi connectivity index (χ0n) is 28.8. The van der Waals surface area contributed by atoms with Crippen LogP contribution in [0.5, 0.6) is 0 Å². The van der Waals surface area contributed by atoms with Gasteiger partial charge in [0.1, 0.15) is 0 Å². The molecule has 0 aliphatic rings. The van der Waals surface area contributed by atoms with Crippen molar-refractivity contribution in [2.45, 2.75) is 0 Å². The van der Waals surface area contributed by atoms with Crippen molar-refractivity contribution >= 4 is 56.2 Å². The highest BCUT2D eigenvalue weighted by atomic mass is 16.5. The van der Waals surface area contributed by atoms with E-state index >= 15 is 0 Å². The van der Waals surface area contributed by atoms with E-state index in [4.69, 9.17) is 18.9 Å². The van der Waals surface area contributed by atoms with Gasteiger partial charge in [-0.15, -0.1) is 0 Å². The summed E-state index contributed by atoms with van der Waals surface area (Å²) >= 11 is 0. The van der Waals surface area contributed by atoms with E-state index in [0.29, 0.717) is 22.3 Å². The number of benzene rings is 7. The maximum atomic E-state index is 12.9. The van der Waals surface area contributed by atoms with Crippen LogP contribution < -0.4 is 0 Å². The number of fused-ring (bicyclic) bond motifs is 6. The van der Waals surface area contributed by atoms with Crippen molar-refractivity contribution in [3.63, 3.8) is 0 Å². The summed E-state index contributed by atoms with van der Waals surface area (Å²) in [7, 11) is 5.40. The minimum atomic E-state index is -0.459. The summed E-state index contributed by atoms with van der Waals surface area (Å²) in [6.45, 7) is 0. The van der Waals surface area contributed by atoms with Gasteiger partial charge in [-0.2, -0.15) is 0 Å². The molecule has 0 aliphatic heterocycles. The standard InChI is InChI=1S/C44H32O8/c1-49-41(45)28-11-5-25(6-12-28)31-17-19-35-36-20-18-32(44(48)52-4)24-38(36)40-34(27-9-15-30(16-10-27)43(47)51-3)22-21-33(39(40)37(35)23-31)26-7-13-29(14-8-26)42(46)50-2/h5-24H,1-4H3. The van der Waals surface area contributed by atoms with Crippen molar-refractivity contribution in [1.82, 2.24) is 0 Å². The molecule has 0 aromatic heterocycles. The SMILES string of the molecule is COC(=O)c1ccc(-c2ccc3c4ccc(C(=O)OC)cc4c4c(-c5ccc(C(=O)OC)cc5)ccc(-c5ccc(C(=O)OC)cc5)c4c3c2)cc1. The van der Waals surface area contributed by atoms with Gasteiger partial charge in [-0.1, -0.05) is 66.7 Å². The molecule has 0 aliphatic carbocycles. The molecule has 0 saturated carbocycles. The van der Waals surface area contributed by atoms with Gasteiger partial charge in [0.15, 0.2) is 0 Å². The van der Waals surface area contributed by atoms with E-state index in [1.807, 2.05) is 66.7 Å². The minimum absolute atomic E-state index is 0.401. The van der Waals surface area contributed by atoms with E-state index in [0.717, 1.165) is 65.7 Å². The van der Waals surface area contributed by atoms with E-state index in [1.165, 1.54) is 28.4 Å². The van der Waals surface area contributed by atoms with Crippen LogP contribution in [0, 0.1) is 0 Å². The Morgan fingerprint density at radius 3 is 1.08 bits per heavy atom. The van der Waals surface area contributed by atoms with Crippen LogP contribution in [0.4, 0.5) is 0 Å². The predicted octanol–water partition coefficient (Wildman–Crippen LogP) is 9.29. The second kappa shape index (κ2) is 13.8. The van der Waals surface area contributed by atoms with Crippen molar-refractivity contribution in [1.29, 1.82) is 0 Å². The number of ether oxygens (including phenoxy) is 4. The Kier molecular flexibility index (Phi) is 8.97. The molecule has 7 aromatic carbocycles. The van der Waals surface area contributed by atoms with Crippen LogP contribution in [0.15, 0.2) is 121 Å². The third-order valence-electron chi connectivity index (χ3n) is 9.37. The molecule has 0 N–H and O–H groups in total. The largest absolute Gasteiger partial charge is 0.465 e. The number of hydrogen-bond donors (Lipinski definition) is 0. The maximum absolute atomic E-state index is 12.9. The molecule has 0 atom stereocenters. The van der Waals surface area contributed by atoms with Gasteiger partial charge in [0, 0.05) is 0 Å². The second-order valence-electron chi connectivity index (χ2n) is 12.1. The number of methoxy groups -OCH3 is 4. The van der Waals surface area contributed by atoms with Crippen molar-refractivity contribution in [2.75, 3.05) is 28.4 Å². The molecule has 52 heavy (non-hydrogen) atoms. The Labute approximate surface area is 299 Å². The first-order chi connectivity index (χ1) is 25.3. The zero-order valence-corrected chi connectivity index (χ0v) is 28.8. The molecule has 0 radical (unpaired) electrons. The second-order valence-corrected chi connectivity index (χ2v) is 12.1. The van der Waals surface area contributed by atoms with Crippen LogP contribution in [0.25, 0.3) is 65.7 Å². The number of carbonyl (C=O) groups excluding carboxylic acids is 4. The summed E-state index contributed by atoms with van der Waals surface area (Å²) in [4.78, 5) is 49.7. The van der Waals surface area contributed by atoms with E-state index in [2.05, 4.69) is 12.1 Å². The fraction of sp³-hybridized carbons (Fsp3) is 0.0909. The first-order valence-electron chi connectivity index (χ1n) is 16.4. The fourth-order valence-electron chi connectivity index (χ4n) is 6.76. The van der Waals surface area contributed by atoms with Gasteiger partial charge in [-0.25, -0.2) is 19.2 Å². The smallest absolute Gasteiger partial charge is 0.337 e. The lowest BCUT2D eigenvalue weighted by molar-refractivity contribution is 0.0592. The molecule has 256 valence electrons. The Bertz CT molecular complexity index is 2550. The van der Waals surface area contributed by atoms with Crippen LogP contribution in [-0.4, -0.2) is 52.3 Å². The molecule has 0 fully saturated rings. The molecule has 0 amide bonds. The Hall–Kier alpha value is -6.80. The highest BCUT2D eigenvalue weighted by Gasteiger charge is 2.20. The summed E-state index contributed by atoms with van der Waals surface area (Å²) in [6.07, 6.45) is 0. The lowest BCUT2D eigenvalue weighted by Gasteiger charge is -2.19. The normalized spacial score (nSPS) is 11.0. The molecule has 7 aromatic rings. The molecular formula is C44H32O8. The quantitative estimate of drug-likeness (QED) is 0.0927. The Morgan fingerprint density at radius 2 is 0.654 bits per heavy atom. The number of esters is 4. The fourth-order valence-corrected chi connectivity index (χ4v) is 6.76. The molecule has 0 unspecified atom stereocenters. The lowest BCUT2D eigenvalue weighted by atomic mass is 9.84. The monoisotopic (exact) mass is 688 g/mol. The van der Waals surface area contributed by atoms with Crippen LogP contribution in [-0.2, 0) is 18.9 Å². The highest BCUT2D eigenvalue weighted by molar-refractivity contribution is 6.32. The van der Waals surface area contributed by atoms with Crippen LogP contribution in [0.1, 0.15) is 41.4 Å². The van der Waals surface area contributed by atoms with Crippen molar-refractivity contribution in [2.24, 2.45) is 0 Å². The van der Waals surface area contributed by atoms with E-state index in [9.17, 15) is 19.2 Å². The molecule has 0 heterocycles. The molecular weight excluding hydrogens is 656 g/mol. The third kappa shape index (κ3) is 5.90. The molecule has 0 bridgehead atoms. The minimum Gasteiger partial charge on any atom is -0.465 e. The maximum Gasteiger partial charge on any atom is 0.337 e. The summed E-state index contributed by atoms with van der Waals surface area (Å²) in [5, 5.41) is 5.46. The summed E-state index contributed by atoms with van der Waals surface area (Å²) in [6, 6.07) is 37.6. The lowest BCUT2D eigenvalue weighted by Crippen LogP contribution is -2.02. The molecule has 8 nitrogen and oxygen atoms in total. The van der Waals surface area contributed by atoms with Crippen LogP contribution in [0.3, 0.4) is 0 Å². The zero-order chi connectivity index (χ0) is 36.5. The van der Waals surface area contributed by atoms with Gasteiger partial charge in [0.25, 0.3) is 0 Å². The van der Waals surface area contributed by atoms with Gasteiger partial charge >= 0.3 is 23.9 Å². The van der Waals surface area contributed by atoms with Gasteiger partial charge in [0.2, 0.25) is 0 Å². The first kappa shape index (κ1) is 33.7. The molecule has 7 rings (SSSR count). The van der Waals surface area contributed by atoms with Crippen molar-refractivity contribution in [3.8, 4) is 33.4 Å². The van der Waals surface area contributed by atoms with Gasteiger partial charge in [0.05, 0.1) is 50.7 Å². The Morgan fingerprint density at radius 1 is 0.327 bits per heavy atom. The van der Waals surface area contributed by atoms with Crippen LogP contribution in [0.2, 0.25) is 0 Å². The molecule has 8 heteroatoms. The topological polar surface area (TPSA) is 105 Å². The first-order valence-corrected chi connectivity index (χ1v) is 16.4. The number of rotatable bonds is 7. The summed E-state index contributed by atoms with van der Waals surface area (Å²) in [5.41, 5.74) is 7.02. The van der Waals surface area contributed by atoms with E-state index < -0.39 is 23.9 Å². The van der Waals surface area contributed by atoms with Gasteiger partial charge in [-0.3, -0.25) is 0 Å². The molecule has 0 saturated heterocycles. The van der Waals surface area contributed by atoms with E-state index in [-0.39, 0.29) is 0 Å². The average Bonchev–Trinajstić information content (AvgIpc) is 3.21. The van der Waals surface area contributed by atoms with Crippen LogP contribution >= 0.6 is 0 Å². The average molecular weight is 689 g/mol. The van der Waals surface area contributed by atoms with Gasteiger partial charge in [-0.05, 0) is 120 Å². The number of hydrogen-bond acceptors (Lipinski definition) is 8. The highest BCUT2D eigenvalue weighted by Crippen LogP contribution is 2.46.